The molecule has 0 saturated heterocycles. The molecule has 0 radical (unpaired) electrons. The number of hydrogen-bond donors (Lipinski definition) is 2. The average Bonchev–Trinajstić information content (AvgIpc) is 2.57. The third kappa shape index (κ3) is 6.14. The molecule has 150 valence electrons. The average molecular weight is 404 g/mol. The van der Waals surface area contributed by atoms with Crippen LogP contribution in [0.3, 0.4) is 0 Å². The quantitative estimate of drug-likeness (QED) is 0.586. The zero-order valence-electron chi connectivity index (χ0n) is 16.6. The van der Waals surface area contributed by atoms with Crippen LogP contribution in [-0.2, 0) is 14.4 Å². The molecule has 8 heteroatoms. The number of nitrogens with zero attached hydrogens (tertiary/aromatic N) is 1. The summed E-state index contributed by atoms with van der Waals surface area (Å²) in [6.45, 7) is 11.4. The van der Waals surface area contributed by atoms with Gasteiger partial charge in [0.2, 0.25) is 10.0 Å². The van der Waals surface area contributed by atoms with Gasteiger partial charge in [-0.05, 0) is 44.6 Å². The predicted octanol–water partition coefficient (Wildman–Crippen LogP) is 2.36. The molecule has 1 aromatic rings. The van der Waals surface area contributed by atoms with Crippen molar-refractivity contribution in [1.29, 1.82) is 0 Å². The Balaban J connectivity index is 2.95. The SMILES string of the molecule is Cc1ccc(S(=O)(=O)N(C[C@@H](O)CO[Si](C)(C)C(C)C)[C@H](C)CO)cc1. The van der Waals surface area contributed by atoms with Gasteiger partial charge >= 0.3 is 0 Å². The van der Waals surface area contributed by atoms with Crippen LogP contribution in [0.4, 0.5) is 0 Å². The highest BCUT2D eigenvalue weighted by molar-refractivity contribution is 7.89. The van der Waals surface area contributed by atoms with E-state index in [1.165, 1.54) is 0 Å². The third-order valence-corrected chi connectivity index (χ3v) is 10.5. The maximum atomic E-state index is 13.0. The second-order valence-corrected chi connectivity index (χ2v) is 14.2. The van der Waals surface area contributed by atoms with Gasteiger partial charge in [-0.2, -0.15) is 4.31 Å². The highest BCUT2D eigenvalue weighted by Gasteiger charge is 2.32. The second kappa shape index (κ2) is 9.43. The van der Waals surface area contributed by atoms with Crippen molar-refractivity contribution in [2.75, 3.05) is 19.8 Å². The van der Waals surface area contributed by atoms with Crippen molar-refractivity contribution in [1.82, 2.24) is 4.31 Å². The summed E-state index contributed by atoms with van der Waals surface area (Å²) in [7, 11) is -5.75. The molecular weight excluding hydrogens is 370 g/mol. The lowest BCUT2D eigenvalue weighted by atomic mass is 10.2. The van der Waals surface area contributed by atoms with Crippen molar-refractivity contribution >= 4 is 18.3 Å². The number of aryl methyl sites for hydroxylation is 1. The minimum atomic E-state index is -3.83. The summed E-state index contributed by atoms with van der Waals surface area (Å²) in [5.74, 6) is 0. The number of hydrogen-bond acceptors (Lipinski definition) is 5. The van der Waals surface area contributed by atoms with E-state index in [2.05, 4.69) is 26.9 Å². The number of benzene rings is 1. The predicted molar refractivity (Wildman–Crippen MR) is 106 cm³/mol. The van der Waals surface area contributed by atoms with E-state index in [-0.39, 0.29) is 24.7 Å². The molecule has 6 nitrogen and oxygen atoms in total. The minimum Gasteiger partial charge on any atom is -0.414 e. The molecule has 0 aliphatic heterocycles. The molecule has 0 bridgehead atoms. The fourth-order valence-corrected chi connectivity index (χ4v) is 4.80. The maximum absolute atomic E-state index is 13.0. The molecular formula is C18H33NO5SSi. The van der Waals surface area contributed by atoms with Gasteiger partial charge in [0.1, 0.15) is 0 Å². The highest BCUT2D eigenvalue weighted by atomic mass is 32.2. The molecule has 0 amide bonds. The van der Waals surface area contributed by atoms with Crippen LogP contribution in [0.5, 0.6) is 0 Å². The summed E-state index contributed by atoms with van der Waals surface area (Å²) < 4.78 is 33.0. The largest absolute Gasteiger partial charge is 0.414 e. The van der Waals surface area contributed by atoms with Gasteiger partial charge < -0.3 is 14.6 Å². The van der Waals surface area contributed by atoms with Crippen LogP contribution >= 0.6 is 0 Å². The summed E-state index contributed by atoms with van der Waals surface area (Å²) in [6, 6.07) is 5.89. The molecule has 0 fully saturated rings. The first-order valence-corrected chi connectivity index (χ1v) is 13.4. The highest BCUT2D eigenvalue weighted by Crippen LogP contribution is 2.23. The molecule has 0 unspecified atom stereocenters. The fourth-order valence-electron chi connectivity index (χ4n) is 2.19. The zero-order chi connectivity index (χ0) is 20.1. The van der Waals surface area contributed by atoms with Gasteiger partial charge in [-0.25, -0.2) is 8.42 Å². The van der Waals surface area contributed by atoms with E-state index in [0.29, 0.717) is 5.54 Å². The number of aliphatic hydroxyl groups excluding tert-OH is 2. The number of aliphatic hydroxyl groups is 2. The smallest absolute Gasteiger partial charge is 0.243 e. The monoisotopic (exact) mass is 403 g/mol. The molecule has 26 heavy (non-hydrogen) atoms. The Morgan fingerprint density at radius 3 is 2.15 bits per heavy atom. The Hall–Kier alpha value is -0.773. The van der Waals surface area contributed by atoms with Crippen molar-refractivity contribution in [2.24, 2.45) is 0 Å². The standard InChI is InChI=1S/C18H33NO5SSi/c1-14(2)26(5,6)24-13-17(21)11-19(16(4)12-20)25(22,23)18-9-7-15(3)8-10-18/h7-10,14,16-17,20-21H,11-13H2,1-6H3/t16-,17-/m1/s1. The van der Waals surface area contributed by atoms with Crippen LogP contribution in [0.2, 0.25) is 18.6 Å². The first-order valence-electron chi connectivity index (χ1n) is 8.93. The maximum Gasteiger partial charge on any atom is 0.243 e. The van der Waals surface area contributed by atoms with Crippen LogP contribution in [0, 0.1) is 6.92 Å². The Morgan fingerprint density at radius 2 is 1.69 bits per heavy atom. The number of sulfonamides is 1. The van der Waals surface area contributed by atoms with E-state index in [4.69, 9.17) is 4.43 Å². The first kappa shape index (κ1) is 23.3. The molecule has 0 heterocycles. The van der Waals surface area contributed by atoms with Crippen LogP contribution in [-0.4, -0.2) is 63.2 Å². The Kier molecular flexibility index (Phi) is 8.44. The van der Waals surface area contributed by atoms with Crippen molar-refractivity contribution in [3.05, 3.63) is 29.8 Å². The molecule has 0 aliphatic rings. The fraction of sp³-hybridized carbons (Fsp3) is 0.667. The molecule has 0 aliphatic carbocycles. The van der Waals surface area contributed by atoms with E-state index >= 15 is 0 Å². The van der Waals surface area contributed by atoms with Gasteiger partial charge in [-0.15, -0.1) is 0 Å². The molecule has 1 rings (SSSR count). The summed E-state index contributed by atoms with van der Waals surface area (Å²) in [5, 5.41) is 19.9. The zero-order valence-corrected chi connectivity index (χ0v) is 18.5. The minimum absolute atomic E-state index is 0.0788. The third-order valence-electron chi connectivity index (χ3n) is 4.81. The lowest BCUT2D eigenvalue weighted by Gasteiger charge is -2.32. The van der Waals surface area contributed by atoms with Crippen LogP contribution in [0.25, 0.3) is 0 Å². The lowest BCUT2D eigenvalue weighted by Crippen LogP contribution is -2.47. The topological polar surface area (TPSA) is 87.1 Å². The normalized spacial score (nSPS) is 15.5. The van der Waals surface area contributed by atoms with Crippen molar-refractivity contribution in [3.8, 4) is 0 Å². The van der Waals surface area contributed by atoms with Crippen molar-refractivity contribution < 1.29 is 23.1 Å². The van der Waals surface area contributed by atoms with Gasteiger partial charge in [0.15, 0.2) is 8.32 Å². The lowest BCUT2D eigenvalue weighted by molar-refractivity contribution is 0.0708. The van der Waals surface area contributed by atoms with E-state index in [1.807, 2.05) is 6.92 Å². The number of rotatable bonds is 10. The summed E-state index contributed by atoms with van der Waals surface area (Å²) >= 11 is 0. The molecule has 0 saturated carbocycles. The van der Waals surface area contributed by atoms with Gasteiger partial charge in [0.05, 0.1) is 24.2 Å². The van der Waals surface area contributed by atoms with Gasteiger partial charge in [-0.1, -0.05) is 31.5 Å². The van der Waals surface area contributed by atoms with Crippen molar-refractivity contribution in [2.45, 2.75) is 63.4 Å². The molecule has 1 aromatic carbocycles. The molecule has 2 atom stereocenters. The van der Waals surface area contributed by atoms with Crippen LogP contribution in [0.15, 0.2) is 29.2 Å². The van der Waals surface area contributed by atoms with Gasteiger partial charge in [0.25, 0.3) is 0 Å². The second-order valence-electron chi connectivity index (χ2n) is 7.64. The molecule has 0 spiro atoms. The molecule has 0 aromatic heterocycles. The van der Waals surface area contributed by atoms with E-state index in [1.54, 1.807) is 31.2 Å². The summed E-state index contributed by atoms with van der Waals surface area (Å²) in [4.78, 5) is 0.147. The van der Waals surface area contributed by atoms with E-state index in [9.17, 15) is 18.6 Å². The first-order chi connectivity index (χ1) is 11.9. The van der Waals surface area contributed by atoms with E-state index in [0.717, 1.165) is 9.87 Å². The van der Waals surface area contributed by atoms with Gasteiger partial charge in [0, 0.05) is 12.6 Å². The van der Waals surface area contributed by atoms with Gasteiger partial charge in [-0.3, -0.25) is 0 Å². The van der Waals surface area contributed by atoms with Crippen molar-refractivity contribution in [3.63, 3.8) is 0 Å². The Bertz CT molecular complexity index is 661. The Morgan fingerprint density at radius 1 is 1.15 bits per heavy atom. The van der Waals surface area contributed by atoms with Crippen LogP contribution in [0.1, 0.15) is 26.3 Å². The molecule has 2 N–H and O–H groups in total. The summed E-state index contributed by atoms with van der Waals surface area (Å²) in [6.07, 6.45) is -0.963. The Labute approximate surface area is 159 Å². The van der Waals surface area contributed by atoms with Crippen LogP contribution < -0.4 is 0 Å². The summed E-state index contributed by atoms with van der Waals surface area (Å²) in [5.41, 5.74) is 1.35. The van der Waals surface area contributed by atoms with E-state index < -0.39 is 30.5 Å².